The molecule has 6 saturated heterocycles. The van der Waals surface area contributed by atoms with E-state index in [0.717, 1.165) is 117 Å². The molecule has 42 nitrogen and oxygen atoms in total. The number of aliphatic carboxylic acids is 2. The van der Waals surface area contributed by atoms with Crippen LogP contribution in [0.4, 0.5) is 0 Å². The molecule has 0 aromatic rings. The zero-order valence-electron chi connectivity index (χ0n) is 76.3. The zero-order valence-corrected chi connectivity index (χ0v) is 76.3. The lowest BCUT2D eigenvalue weighted by atomic mass is 9.86. The summed E-state index contributed by atoms with van der Waals surface area (Å²) in [6.07, 6.45) is -25.6. The van der Waals surface area contributed by atoms with Crippen LogP contribution < -0.4 is 16.0 Å². The molecule has 42 heteroatoms. The molecule has 0 spiro atoms. The maximum Gasteiger partial charge on any atom is 0.364 e. The monoisotopic (exact) mass is 1890 g/mol. The minimum absolute atomic E-state index is 0.0826. The van der Waals surface area contributed by atoms with E-state index < -0.39 is 308 Å². The average Bonchev–Trinajstić information content (AvgIpc) is 0.730. The number of ketones is 1. The number of rotatable bonds is 63. The fraction of sp³-hybridized carbons (Fsp3) is 0.888. The largest absolute Gasteiger partial charge is 0.477 e. The molecule has 0 bridgehead atoms. The maximum absolute atomic E-state index is 14.4. The number of Topliss-reactive ketones (excluding diaryl/α,β-unsaturated/α-hetero) is 1. The van der Waals surface area contributed by atoms with Crippen LogP contribution in [0.5, 0.6) is 0 Å². The highest BCUT2D eigenvalue weighted by Gasteiger charge is 2.64. The van der Waals surface area contributed by atoms with Crippen molar-refractivity contribution in [3.63, 3.8) is 0 Å². The molecule has 3 amide bonds. The Labute approximate surface area is 765 Å². The van der Waals surface area contributed by atoms with Gasteiger partial charge in [-0.1, -0.05) is 179 Å². The SMILES string of the molecule is CCCCCCCCC=CCCCCCCCCCCCC(=O)N[C@@H](CO[C@@H]1O[C@H](CO)[C@@H](O[C@@H]2O[C@H](CO)[C@H](O[C@@H]3O[C@H](CO)[C@H](O)[C@H](O[C@@H]4O[C@H](CO)[C@H](O)[C@H](O)[C@H]4O)[C@H]3CC(C)=O)[C@H](O[C@]3(C(=O)O)C[C@H](O)[C@@H](NC(C)=O)C([C@H](O)[C@@H](CO)O[C@]4(C(=O)O)C[C@H](O)[C@@H](NC(C)=O)C([C@H](O)[C@H](O)CO)O4)O3)[C@H]2O)[C@H](O)[C@H]1O)[C@H](O)C=CCCCCCCCCCCCCC. The minimum Gasteiger partial charge on any atom is -0.477 e. The van der Waals surface area contributed by atoms with Crippen LogP contribution in [0.25, 0.3) is 0 Å². The van der Waals surface area contributed by atoms with E-state index in [-0.39, 0.29) is 6.42 Å². The molecule has 131 heavy (non-hydrogen) atoms. The summed E-state index contributed by atoms with van der Waals surface area (Å²) in [6, 6.07) is -5.10. The summed E-state index contributed by atoms with van der Waals surface area (Å²) in [5.74, 6) is -16.5. The maximum atomic E-state index is 14.4. The molecule has 24 N–H and O–H groups in total. The number of ether oxygens (including phenoxy) is 12. The summed E-state index contributed by atoms with van der Waals surface area (Å²) in [5, 5.41) is 246. The third-order valence-electron chi connectivity index (χ3n) is 25.0. The summed E-state index contributed by atoms with van der Waals surface area (Å²) in [5.41, 5.74) is 0. The van der Waals surface area contributed by atoms with Gasteiger partial charge in [0.05, 0.1) is 88.8 Å². The van der Waals surface area contributed by atoms with Crippen molar-refractivity contribution in [1.29, 1.82) is 0 Å². The molecule has 6 aliphatic rings. The van der Waals surface area contributed by atoms with Gasteiger partial charge in [0.25, 0.3) is 11.6 Å². The van der Waals surface area contributed by atoms with Gasteiger partial charge in [0.2, 0.25) is 17.7 Å². The van der Waals surface area contributed by atoms with Crippen molar-refractivity contribution >= 4 is 35.4 Å². The highest BCUT2D eigenvalue weighted by molar-refractivity contribution is 5.78. The van der Waals surface area contributed by atoms with Gasteiger partial charge in [-0.15, -0.1) is 0 Å². The lowest BCUT2D eigenvalue weighted by Crippen LogP contribution is -2.72. The molecule has 6 heterocycles. The van der Waals surface area contributed by atoms with Crippen molar-refractivity contribution in [3.8, 4) is 0 Å². The Balaban J connectivity index is 1.31. The first-order valence-corrected chi connectivity index (χ1v) is 47.1. The Morgan fingerprint density at radius 1 is 0.435 bits per heavy atom. The van der Waals surface area contributed by atoms with E-state index in [1.807, 2.05) is 0 Å². The van der Waals surface area contributed by atoms with Crippen LogP contribution in [-0.4, -0.2) is 390 Å². The number of amides is 3. The Hall–Kier alpha value is -4.74. The molecular weight excluding hydrogens is 1730 g/mol. The fourth-order valence-electron chi connectivity index (χ4n) is 17.6. The van der Waals surface area contributed by atoms with Gasteiger partial charge in [-0.25, -0.2) is 9.59 Å². The van der Waals surface area contributed by atoms with Gasteiger partial charge in [-0.05, 0) is 51.9 Å². The van der Waals surface area contributed by atoms with Gasteiger partial charge in [0.1, 0.15) is 128 Å². The number of aliphatic hydroxyl groups excluding tert-OH is 19. The van der Waals surface area contributed by atoms with Crippen molar-refractivity contribution in [1.82, 2.24) is 16.0 Å². The number of aliphatic hydroxyl groups is 19. The van der Waals surface area contributed by atoms with Crippen molar-refractivity contribution in [2.45, 2.75) is 448 Å². The van der Waals surface area contributed by atoms with Crippen LogP contribution in [0.2, 0.25) is 0 Å². The first kappa shape index (κ1) is 115. The Morgan fingerprint density at radius 3 is 1.34 bits per heavy atom. The topological polar surface area (TPSA) is 674 Å². The Kier molecular flexibility index (Phi) is 52.2. The Bertz CT molecular complexity index is 3320. The van der Waals surface area contributed by atoms with Crippen LogP contribution >= 0.6 is 0 Å². The van der Waals surface area contributed by atoms with Gasteiger partial charge < -0.3 is 185 Å². The van der Waals surface area contributed by atoms with Crippen molar-refractivity contribution in [3.05, 3.63) is 24.3 Å². The number of allylic oxidation sites excluding steroid dienone is 3. The van der Waals surface area contributed by atoms with E-state index in [1.54, 1.807) is 6.08 Å². The molecule has 760 valence electrons. The third kappa shape index (κ3) is 34.7. The lowest BCUT2D eigenvalue weighted by molar-refractivity contribution is -0.407. The first-order chi connectivity index (χ1) is 62.6. The Morgan fingerprint density at radius 2 is 0.855 bits per heavy atom. The van der Waals surface area contributed by atoms with Gasteiger partial charge >= 0.3 is 11.9 Å². The predicted molar refractivity (Wildman–Crippen MR) is 459 cm³/mol. The van der Waals surface area contributed by atoms with E-state index in [1.165, 1.54) is 83.1 Å². The van der Waals surface area contributed by atoms with Crippen molar-refractivity contribution in [2.75, 3.05) is 46.2 Å². The number of carboxylic acid groups (broad SMARTS) is 2. The molecule has 0 aliphatic carbocycles. The molecule has 0 aromatic heterocycles. The van der Waals surface area contributed by atoms with Crippen LogP contribution in [0.15, 0.2) is 24.3 Å². The summed E-state index contributed by atoms with van der Waals surface area (Å²) < 4.78 is 72.6. The summed E-state index contributed by atoms with van der Waals surface area (Å²) in [4.78, 5) is 80.6. The second-order valence-electron chi connectivity index (χ2n) is 35.6. The van der Waals surface area contributed by atoms with Gasteiger partial charge in [-0.2, -0.15) is 0 Å². The quantitative estimate of drug-likeness (QED) is 0.0245. The number of carbonyl (C=O) groups is 6. The van der Waals surface area contributed by atoms with E-state index in [2.05, 4.69) is 41.9 Å². The number of hydrogen-bond donors (Lipinski definition) is 24. The second-order valence-corrected chi connectivity index (χ2v) is 35.6. The molecule has 34 atom stereocenters. The van der Waals surface area contributed by atoms with Gasteiger partial charge in [0, 0.05) is 45.4 Å². The fourth-order valence-corrected chi connectivity index (χ4v) is 17.6. The molecule has 0 aromatic carbocycles. The van der Waals surface area contributed by atoms with Crippen LogP contribution in [0.3, 0.4) is 0 Å². The highest BCUT2D eigenvalue weighted by atomic mass is 16.8. The van der Waals surface area contributed by atoms with E-state index in [9.17, 15) is 136 Å². The van der Waals surface area contributed by atoms with Crippen molar-refractivity contribution in [2.24, 2.45) is 5.92 Å². The standard InChI is InChI=1S/C89H155N3O39/c1-6-8-10-12-14-16-18-20-21-22-23-24-25-27-29-31-33-35-37-39-64(106)92-54(55(102)38-36-34-32-30-28-26-19-17-15-13-11-9-7-2)49-120-83-74(114)72(112)77(62(47-97)123-83)126-85-75(115)81(78(63(48-98)124-85)127-82-53(40-50(3)99)76(69(109)60(45-95)121-82)125-84-73(113)71(111)68(108)59(44-94)122-84)131-89(87(118)119)42-57(104)66(91-52(5)101)80(130-89)70(110)61(46-96)128-88(86(116)117)41-56(103)65(90-51(4)100)79(129-88)67(107)58(105)43-93/h20-21,36,38,53-63,65-85,93-98,102-105,107-115H,6-19,22-35,37,39-49H2,1-5H3,(H,90,100)(H,91,101)(H,92,106)(H,116,117)(H,118,119)/t53-,54+,55-,56+,57+,58-,59-,60-,61-,62-,63-,65-,66-,67-,68+,69+,70-,71+,72-,73-,74-,75-,76-,77-,78+,79?,80?,81-,82+,83-,84+,85+,88-,89+/m1/s1. The molecule has 6 rings (SSSR count). The molecule has 0 saturated carbocycles. The third-order valence-corrected chi connectivity index (χ3v) is 25.0. The van der Waals surface area contributed by atoms with E-state index in [4.69, 9.17) is 56.8 Å². The van der Waals surface area contributed by atoms with Gasteiger partial charge in [-0.3, -0.25) is 14.4 Å². The normalized spacial score (nSPS) is 34.5. The molecule has 0 radical (unpaired) electrons. The molecular formula is C89H155N3O39. The summed E-state index contributed by atoms with van der Waals surface area (Å²) in [6.45, 7) is -0.788. The zero-order chi connectivity index (χ0) is 96.7. The second kappa shape index (κ2) is 59.5. The molecule has 6 fully saturated rings. The van der Waals surface area contributed by atoms with Crippen molar-refractivity contribution < 1.29 is 193 Å². The number of unbranched alkanes of at least 4 members (excludes halogenated alkanes) is 26. The average molecular weight is 1890 g/mol. The number of hydrogen-bond acceptors (Lipinski definition) is 37. The minimum atomic E-state index is -3.68. The molecule has 6 aliphatic heterocycles. The smallest absolute Gasteiger partial charge is 0.364 e. The number of carbonyl (C=O) groups excluding carboxylic acids is 4. The highest BCUT2D eigenvalue weighted by Crippen LogP contribution is 2.44. The summed E-state index contributed by atoms with van der Waals surface area (Å²) >= 11 is 0. The predicted octanol–water partition coefficient (Wildman–Crippen LogP) is -1.44. The van der Waals surface area contributed by atoms with Gasteiger partial charge in [0.15, 0.2) is 25.2 Å². The van der Waals surface area contributed by atoms with E-state index in [0.29, 0.717) is 12.8 Å². The first-order valence-electron chi connectivity index (χ1n) is 47.1. The number of nitrogens with one attached hydrogen (secondary N) is 3. The number of carboxylic acids is 2. The van der Waals surface area contributed by atoms with Crippen LogP contribution in [-0.2, 0) is 85.6 Å². The lowest BCUT2D eigenvalue weighted by Gasteiger charge is -2.53. The summed E-state index contributed by atoms with van der Waals surface area (Å²) in [7, 11) is 0. The van der Waals surface area contributed by atoms with Crippen LogP contribution in [0.1, 0.15) is 247 Å². The van der Waals surface area contributed by atoms with E-state index >= 15 is 0 Å². The van der Waals surface area contributed by atoms with Crippen LogP contribution in [0, 0.1) is 5.92 Å². The molecule has 2 unspecified atom stereocenters.